The van der Waals surface area contributed by atoms with Crippen molar-refractivity contribution in [2.45, 2.75) is 24.7 Å². The zero-order valence-electron chi connectivity index (χ0n) is 32.0. The molecule has 12 rings (SSSR count). The van der Waals surface area contributed by atoms with E-state index < -0.39 is 5.41 Å². The summed E-state index contributed by atoms with van der Waals surface area (Å²) < 4.78 is 4.83. The number of aromatic nitrogens is 3. The van der Waals surface area contributed by atoms with Crippen molar-refractivity contribution in [3.63, 3.8) is 0 Å². The Morgan fingerprint density at radius 1 is 0.534 bits per heavy atom. The average molecular weight is 742 g/mol. The van der Waals surface area contributed by atoms with Crippen molar-refractivity contribution in [2.75, 3.05) is 0 Å². The van der Waals surface area contributed by atoms with Crippen molar-refractivity contribution >= 4 is 55.0 Å². The Kier molecular flexibility index (Phi) is 7.33. The maximum Gasteiger partial charge on any atom is 0.0963 e. The van der Waals surface area contributed by atoms with Crippen LogP contribution in [-0.4, -0.2) is 14.1 Å². The fourth-order valence-corrected chi connectivity index (χ4v) is 10.3. The number of fused-ring (bicyclic) bond motifs is 10. The van der Waals surface area contributed by atoms with Crippen LogP contribution in [0.2, 0.25) is 0 Å². The number of hydrogen-bond acceptors (Lipinski definition) is 1. The van der Waals surface area contributed by atoms with Gasteiger partial charge in [0.15, 0.2) is 0 Å². The minimum absolute atomic E-state index is 0.393. The van der Waals surface area contributed by atoms with Gasteiger partial charge in [0.05, 0.1) is 33.0 Å². The van der Waals surface area contributed by atoms with Gasteiger partial charge in [0.2, 0.25) is 0 Å². The molecule has 58 heavy (non-hydrogen) atoms. The van der Waals surface area contributed by atoms with Crippen molar-refractivity contribution in [3.05, 3.63) is 228 Å². The predicted molar refractivity (Wildman–Crippen MR) is 242 cm³/mol. The highest BCUT2D eigenvalue weighted by atomic mass is 15.0. The third-order valence-corrected chi connectivity index (χ3v) is 12.7. The molecule has 0 spiro atoms. The SMILES string of the molecule is C1=CC(C2(c3ccccc3)c3ccccc3-c3c2ccc2c3c3ccccc3n2-c2ccc(C3=CC=C(n4c5ccccc5c5ncccc54)CC=C3)cc2)=CCC1. The van der Waals surface area contributed by atoms with Crippen LogP contribution < -0.4 is 0 Å². The standard InChI is InChI=1S/C55H39N3/c1-3-16-39(17-4-1)55(40-18-5-2-6-19-40)46-24-10-7-21-43(46)52-47(55)34-35-50-53(52)44-22-8-11-25-48(44)57(50)42-32-29-38(30-33-42)37-15-13-20-41(31-28-37)58-49-26-12-9-23-45(49)54-51(58)27-14-36-56-54/h1,3-5,7-19,21-36H,2,6,20H2. The van der Waals surface area contributed by atoms with E-state index in [1.54, 1.807) is 0 Å². The molecular formula is C55H39N3. The van der Waals surface area contributed by atoms with Gasteiger partial charge in [-0.05, 0) is 106 Å². The summed E-state index contributed by atoms with van der Waals surface area (Å²) in [5.41, 5.74) is 18.3. The maximum absolute atomic E-state index is 4.75. The van der Waals surface area contributed by atoms with Crippen LogP contribution in [0.25, 0.3) is 71.8 Å². The van der Waals surface area contributed by atoms with E-state index in [1.165, 1.54) is 82.9 Å². The Labute approximate surface area is 337 Å². The van der Waals surface area contributed by atoms with E-state index in [9.17, 15) is 0 Å². The topological polar surface area (TPSA) is 22.8 Å². The number of hydrogen-bond donors (Lipinski definition) is 0. The van der Waals surface area contributed by atoms with Gasteiger partial charge < -0.3 is 9.13 Å². The Morgan fingerprint density at radius 2 is 1.29 bits per heavy atom. The third kappa shape index (κ3) is 4.65. The van der Waals surface area contributed by atoms with E-state index in [0.29, 0.717) is 0 Å². The molecule has 1 atom stereocenters. The molecule has 9 aromatic rings. The van der Waals surface area contributed by atoms with Crippen LogP contribution in [0.5, 0.6) is 0 Å². The summed E-state index contributed by atoms with van der Waals surface area (Å²) in [7, 11) is 0. The molecule has 1 unspecified atom stereocenters. The number of benzene rings is 6. The second kappa shape index (κ2) is 12.9. The molecule has 3 heteroatoms. The monoisotopic (exact) mass is 741 g/mol. The number of nitrogens with zero attached hydrogens (tertiary/aromatic N) is 3. The summed E-state index contributed by atoms with van der Waals surface area (Å²) in [6, 6.07) is 56.0. The fraction of sp³-hybridized carbons (Fsp3) is 0.0727. The van der Waals surface area contributed by atoms with Crippen LogP contribution in [0.15, 0.2) is 206 Å². The lowest BCUT2D eigenvalue weighted by molar-refractivity contribution is 0.752. The highest BCUT2D eigenvalue weighted by molar-refractivity contribution is 6.18. The summed E-state index contributed by atoms with van der Waals surface area (Å²) in [6.45, 7) is 0. The number of para-hydroxylation sites is 2. The van der Waals surface area contributed by atoms with E-state index in [0.717, 1.165) is 36.0 Å². The van der Waals surface area contributed by atoms with Crippen molar-refractivity contribution < 1.29 is 0 Å². The fourth-order valence-electron chi connectivity index (χ4n) is 10.3. The molecule has 0 amide bonds. The molecular weight excluding hydrogens is 703 g/mol. The molecule has 6 aromatic carbocycles. The number of rotatable bonds is 5. The molecule has 3 aromatic heterocycles. The minimum Gasteiger partial charge on any atom is -0.311 e. The highest BCUT2D eigenvalue weighted by Crippen LogP contribution is 2.59. The number of pyridine rings is 1. The summed E-state index contributed by atoms with van der Waals surface area (Å²) in [4.78, 5) is 4.75. The molecule has 0 aliphatic heterocycles. The Balaban J connectivity index is 1.00. The smallest absolute Gasteiger partial charge is 0.0963 e. The molecule has 0 N–H and O–H groups in total. The van der Waals surface area contributed by atoms with Crippen LogP contribution in [0.3, 0.4) is 0 Å². The molecule has 3 aliphatic rings. The first kappa shape index (κ1) is 33.0. The van der Waals surface area contributed by atoms with Crippen molar-refractivity contribution in [2.24, 2.45) is 0 Å². The van der Waals surface area contributed by atoms with Gasteiger partial charge >= 0.3 is 0 Å². The largest absolute Gasteiger partial charge is 0.311 e. The first-order valence-electron chi connectivity index (χ1n) is 20.4. The average Bonchev–Trinajstić information content (AvgIpc) is 3.83. The molecule has 274 valence electrons. The molecule has 0 fully saturated rings. The van der Waals surface area contributed by atoms with E-state index in [1.807, 2.05) is 12.3 Å². The van der Waals surface area contributed by atoms with Crippen molar-refractivity contribution in [1.29, 1.82) is 0 Å². The molecule has 0 radical (unpaired) electrons. The van der Waals surface area contributed by atoms with Gasteiger partial charge in [-0.2, -0.15) is 0 Å². The summed E-state index contributed by atoms with van der Waals surface area (Å²) >= 11 is 0. The first-order valence-corrected chi connectivity index (χ1v) is 20.4. The van der Waals surface area contributed by atoms with Gasteiger partial charge in [-0.15, -0.1) is 0 Å². The van der Waals surface area contributed by atoms with Crippen molar-refractivity contribution in [1.82, 2.24) is 14.1 Å². The molecule has 0 saturated carbocycles. The Bertz CT molecular complexity index is 3240. The molecule has 0 saturated heterocycles. The maximum atomic E-state index is 4.75. The lowest BCUT2D eigenvalue weighted by Crippen LogP contribution is -2.29. The van der Waals surface area contributed by atoms with Gasteiger partial charge in [0.25, 0.3) is 0 Å². The zero-order valence-corrected chi connectivity index (χ0v) is 32.0. The van der Waals surface area contributed by atoms with Gasteiger partial charge in [0, 0.05) is 40.2 Å². The van der Waals surface area contributed by atoms with E-state index >= 15 is 0 Å². The minimum atomic E-state index is -0.393. The molecule has 3 heterocycles. The van der Waals surface area contributed by atoms with Gasteiger partial charge in [0.1, 0.15) is 0 Å². The van der Waals surface area contributed by atoms with Gasteiger partial charge in [-0.3, -0.25) is 4.98 Å². The van der Waals surface area contributed by atoms with Crippen LogP contribution in [0, 0.1) is 0 Å². The van der Waals surface area contributed by atoms with E-state index in [-0.39, 0.29) is 0 Å². The second-order valence-corrected chi connectivity index (χ2v) is 15.7. The van der Waals surface area contributed by atoms with Crippen molar-refractivity contribution in [3.8, 4) is 16.8 Å². The van der Waals surface area contributed by atoms with Crippen LogP contribution in [0.4, 0.5) is 0 Å². The van der Waals surface area contributed by atoms with Crippen LogP contribution in [0.1, 0.15) is 41.5 Å². The summed E-state index contributed by atoms with van der Waals surface area (Å²) in [6.07, 6.45) is 21.2. The van der Waals surface area contributed by atoms with Gasteiger partial charge in [-0.25, -0.2) is 0 Å². The quantitative estimate of drug-likeness (QED) is 0.172. The highest BCUT2D eigenvalue weighted by Gasteiger charge is 2.47. The normalized spacial score (nSPS) is 17.3. The Morgan fingerprint density at radius 3 is 2.14 bits per heavy atom. The lowest BCUT2D eigenvalue weighted by atomic mass is 9.66. The molecule has 0 bridgehead atoms. The third-order valence-electron chi connectivity index (χ3n) is 12.7. The first-order chi connectivity index (χ1) is 28.8. The molecule has 3 aliphatic carbocycles. The van der Waals surface area contributed by atoms with E-state index in [4.69, 9.17) is 4.98 Å². The summed E-state index contributed by atoms with van der Waals surface area (Å²) in [5.74, 6) is 0. The molecule has 3 nitrogen and oxygen atoms in total. The van der Waals surface area contributed by atoms with Crippen LogP contribution >= 0.6 is 0 Å². The summed E-state index contributed by atoms with van der Waals surface area (Å²) in [5, 5.41) is 3.77. The predicted octanol–water partition coefficient (Wildman–Crippen LogP) is 13.8. The second-order valence-electron chi connectivity index (χ2n) is 15.7. The van der Waals surface area contributed by atoms with E-state index in [2.05, 4.69) is 197 Å². The Hall–Kier alpha value is -7.23. The lowest BCUT2D eigenvalue weighted by Gasteiger charge is -2.35. The van der Waals surface area contributed by atoms with Gasteiger partial charge in [-0.1, -0.05) is 146 Å². The number of allylic oxidation sites excluding steroid dienone is 10. The van der Waals surface area contributed by atoms with Crippen LogP contribution in [-0.2, 0) is 5.41 Å². The zero-order chi connectivity index (χ0) is 38.2.